The van der Waals surface area contributed by atoms with Gasteiger partial charge in [0, 0.05) is 61.2 Å². The van der Waals surface area contributed by atoms with Crippen LogP contribution in [0.25, 0.3) is 10.9 Å². The van der Waals surface area contributed by atoms with Gasteiger partial charge in [0.15, 0.2) is 0 Å². The molecular weight excluding hydrogens is 639 g/mol. The quantitative estimate of drug-likeness (QED) is 0.141. The van der Waals surface area contributed by atoms with Crippen LogP contribution in [0.4, 0.5) is 4.79 Å². The number of amides is 1. The van der Waals surface area contributed by atoms with Gasteiger partial charge in [-0.1, -0.05) is 29.3 Å². The van der Waals surface area contributed by atoms with Gasteiger partial charge in [0.25, 0.3) is 0 Å². The first-order valence-corrected chi connectivity index (χ1v) is 17.4. The van der Waals surface area contributed by atoms with E-state index in [0.29, 0.717) is 43.4 Å². The average molecular weight is 690 g/mol. The zero-order valence-electron chi connectivity index (χ0n) is 28.7. The van der Waals surface area contributed by atoms with E-state index >= 15 is 0 Å². The van der Waals surface area contributed by atoms with Gasteiger partial charge in [-0.25, -0.2) is 9.59 Å². The predicted molar refractivity (Wildman–Crippen MR) is 189 cm³/mol. The van der Waals surface area contributed by atoms with Crippen molar-refractivity contribution in [1.82, 2.24) is 19.7 Å². The third-order valence-electron chi connectivity index (χ3n) is 8.27. The minimum absolute atomic E-state index is 0.300. The number of ether oxygens (including phenoxy) is 3. The summed E-state index contributed by atoms with van der Waals surface area (Å²) < 4.78 is 19.1. The summed E-state index contributed by atoms with van der Waals surface area (Å²) in [6.45, 7) is 18.9. The lowest BCUT2D eigenvalue weighted by molar-refractivity contribution is 0.0503. The topological polar surface area (TPSA) is 85.3 Å². The van der Waals surface area contributed by atoms with E-state index in [1.54, 1.807) is 0 Å². The van der Waals surface area contributed by atoms with Crippen molar-refractivity contribution in [3.63, 3.8) is 0 Å². The molecule has 1 fully saturated rings. The number of nitrogens with one attached hydrogen (secondary N) is 1. The number of carbonyl (C=O) groups is 2. The van der Waals surface area contributed by atoms with E-state index in [1.165, 1.54) is 0 Å². The second kappa shape index (κ2) is 16.9. The molecule has 0 radical (unpaired) electrons. The molecule has 1 aliphatic rings. The zero-order chi connectivity index (χ0) is 34.1. The SMILES string of the molecule is CCOC(=O)c1c(CCCOc2cc(C)c(Cl)c(C)c2)c2ccc(Cl)cc2n1CCN1CCN(CCCNC(=O)OC(C)(C)C)CC1. The van der Waals surface area contributed by atoms with Gasteiger partial charge in [-0.15, -0.1) is 0 Å². The Balaban J connectivity index is 1.38. The summed E-state index contributed by atoms with van der Waals surface area (Å²) in [5, 5.41) is 5.24. The van der Waals surface area contributed by atoms with Crippen molar-refractivity contribution in [2.24, 2.45) is 0 Å². The minimum Gasteiger partial charge on any atom is -0.494 e. The molecule has 0 saturated carbocycles. The van der Waals surface area contributed by atoms with Crippen molar-refractivity contribution in [1.29, 1.82) is 0 Å². The zero-order valence-corrected chi connectivity index (χ0v) is 30.2. The molecule has 11 heteroatoms. The molecule has 47 heavy (non-hydrogen) atoms. The van der Waals surface area contributed by atoms with Crippen LogP contribution in [0.2, 0.25) is 10.0 Å². The first-order chi connectivity index (χ1) is 22.4. The number of halogens is 2. The van der Waals surface area contributed by atoms with Gasteiger partial charge in [0.1, 0.15) is 17.0 Å². The van der Waals surface area contributed by atoms with E-state index in [-0.39, 0.29) is 12.1 Å². The molecule has 1 aliphatic heterocycles. The average Bonchev–Trinajstić information content (AvgIpc) is 3.31. The van der Waals surface area contributed by atoms with E-state index in [9.17, 15) is 9.59 Å². The predicted octanol–water partition coefficient (Wildman–Crippen LogP) is 7.29. The first-order valence-electron chi connectivity index (χ1n) is 16.6. The van der Waals surface area contributed by atoms with Crippen molar-refractivity contribution in [3.8, 4) is 5.75 Å². The van der Waals surface area contributed by atoms with Crippen LogP contribution in [0, 0.1) is 13.8 Å². The number of benzene rings is 2. The maximum Gasteiger partial charge on any atom is 0.407 e. The van der Waals surface area contributed by atoms with Crippen molar-refractivity contribution < 1.29 is 23.8 Å². The molecule has 0 bridgehead atoms. The Kier molecular flexibility index (Phi) is 13.3. The highest BCUT2D eigenvalue weighted by molar-refractivity contribution is 6.32. The van der Waals surface area contributed by atoms with E-state index in [4.69, 9.17) is 37.4 Å². The summed E-state index contributed by atoms with van der Waals surface area (Å²) in [6, 6.07) is 9.75. The number of rotatable bonds is 14. The number of fused-ring (bicyclic) bond motifs is 1. The number of aryl methyl sites for hydroxylation is 3. The van der Waals surface area contributed by atoms with Gasteiger partial charge in [-0.3, -0.25) is 4.90 Å². The number of nitrogens with zero attached hydrogens (tertiary/aromatic N) is 3. The molecule has 0 spiro atoms. The molecule has 4 rings (SSSR count). The molecule has 0 unspecified atom stereocenters. The molecule has 2 heterocycles. The number of piperazine rings is 1. The largest absolute Gasteiger partial charge is 0.494 e. The maximum atomic E-state index is 13.5. The lowest BCUT2D eigenvalue weighted by Gasteiger charge is -2.35. The molecule has 1 saturated heterocycles. The second-order valence-corrected chi connectivity index (χ2v) is 14.0. The van der Waals surface area contributed by atoms with Crippen LogP contribution >= 0.6 is 23.2 Å². The lowest BCUT2D eigenvalue weighted by Crippen LogP contribution is -2.47. The van der Waals surface area contributed by atoms with E-state index < -0.39 is 5.60 Å². The van der Waals surface area contributed by atoms with Crippen LogP contribution < -0.4 is 10.1 Å². The van der Waals surface area contributed by atoms with E-state index in [2.05, 4.69) is 19.7 Å². The first kappa shape index (κ1) is 36.8. The Hall–Kier alpha value is -2.98. The minimum atomic E-state index is -0.496. The number of hydrogen-bond donors (Lipinski definition) is 1. The fraction of sp³-hybridized carbons (Fsp3) is 0.556. The smallest absolute Gasteiger partial charge is 0.407 e. The van der Waals surface area contributed by atoms with Crippen molar-refractivity contribution >= 4 is 46.2 Å². The van der Waals surface area contributed by atoms with Gasteiger partial charge < -0.3 is 29.0 Å². The summed E-state index contributed by atoms with van der Waals surface area (Å²) in [6.07, 6.45) is 1.88. The summed E-state index contributed by atoms with van der Waals surface area (Å²) in [4.78, 5) is 30.2. The molecule has 9 nitrogen and oxygen atoms in total. The molecule has 258 valence electrons. The van der Waals surface area contributed by atoms with Crippen LogP contribution in [-0.4, -0.2) is 91.1 Å². The van der Waals surface area contributed by atoms with Crippen LogP contribution in [0.1, 0.15) is 67.7 Å². The summed E-state index contributed by atoms with van der Waals surface area (Å²) >= 11 is 12.8. The monoisotopic (exact) mass is 688 g/mol. The van der Waals surface area contributed by atoms with Gasteiger partial charge in [-0.2, -0.15) is 0 Å². The fourth-order valence-electron chi connectivity index (χ4n) is 6.03. The molecule has 0 aliphatic carbocycles. The normalized spacial score (nSPS) is 14.4. The standard InChI is InChI=1S/C36H50Cl2N4O5/c1-7-45-34(43)33-30(10-8-21-46-28-22-25(2)32(38)26(3)23-28)29-12-11-27(37)24-31(29)42(33)20-19-41-17-15-40(16-18-41)14-9-13-39-35(44)47-36(4,5)6/h11-12,22-24H,7-10,13-21H2,1-6H3,(H,39,44). The summed E-state index contributed by atoms with van der Waals surface area (Å²) in [7, 11) is 0. The van der Waals surface area contributed by atoms with Gasteiger partial charge >= 0.3 is 12.1 Å². The Morgan fingerprint density at radius 3 is 2.21 bits per heavy atom. The maximum absolute atomic E-state index is 13.5. The number of alkyl carbamates (subject to hydrolysis) is 1. The molecular formula is C36H50Cl2N4O5. The van der Waals surface area contributed by atoms with Crippen molar-refractivity contribution in [3.05, 3.63) is 62.8 Å². The van der Waals surface area contributed by atoms with Gasteiger partial charge in [-0.05, 0) is 108 Å². The second-order valence-electron chi connectivity index (χ2n) is 13.1. The fourth-order valence-corrected chi connectivity index (χ4v) is 6.30. The highest BCUT2D eigenvalue weighted by Gasteiger charge is 2.25. The molecule has 1 amide bonds. The van der Waals surface area contributed by atoms with Crippen LogP contribution in [0.15, 0.2) is 30.3 Å². The van der Waals surface area contributed by atoms with Crippen molar-refractivity contribution in [2.75, 3.05) is 59.0 Å². The van der Waals surface area contributed by atoms with Crippen LogP contribution in [0.5, 0.6) is 5.75 Å². The Morgan fingerprint density at radius 2 is 1.57 bits per heavy atom. The van der Waals surface area contributed by atoms with Gasteiger partial charge in [0.05, 0.1) is 18.7 Å². The number of carbonyl (C=O) groups excluding carboxylic acids is 2. The Morgan fingerprint density at radius 1 is 0.915 bits per heavy atom. The molecule has 1 N–H and O–H groups in total. The highest BCUT2D eigenvalue weighted by Crippen LogP contribution is 2.31. The third kappa shape index (κ3) is 10.5. The molecule has 0 atom stereocenters. The molecule has 1 aromatic heterocycles. The highest BCUT2D eigenvalue weighted by atomic mass is 35.5. The van der Waals surface area contributed by atoms with Crippen molar-refractivity contribution in [2.45, 2.75) is 73.0 Å². The Labute approximate surface area is 289 Å². The summed E-state index contributed by atoms with van der Waals surface area (Å²) in [5.74, 6) is 0.478. The Bertz CT molecular complexity index is 1500. The van der Waals surface area contributed by atoms with E-state index in [0.717, 1.165) is 90.5 Å². The number of aromatic nitrogens is 1. The molecule has 2 aromatic carbocycles. The van der Waals surface area contributed by atoms with Gasteiger partial charge in [0.2, 0.25) is 0 Å². The molecule has 3 aromatic rings. The van der Waals surface area contributed by atoms with Crippen LogP contribution in [0.3, 0.4) is 0 Å². The summed E-state index contributed by atoms with van der Waals surface area (Å²) in [5.41, 5.74) is 3.98. The third-order valence-corrected chi connectivity index (χ3v) is 9.11. The number of hydrogen-bond acceptors (Lipinski definition) is 7. The lowest BCUT2D eigenvalue weighted by atomic mass is 10.1. The number of esters is 1. The van der Waals surface area contributed by atoms with E-state index in [1.807, 2.05) is 71.9 Å². The van der Waals surface area contributed by atoms with Crippen LogP contribution in [-0.2, 0) is 22.4 Å².